The molecule has 0 bridgehead atoms. The normalized spacial score (nSPS) is 12.4. The van der Waals surface area contributed by atoms with Crippen molar-refractivity contribution in [2.45, 2.75) is 51.6 Å². The Morgan fingerprint density at radius 2 is 1.62 bits per heavy atom. The zero-order chi connectivity index (χ0) is 26.7. The number of nitrogens with one attached hydrogen (secondary N) is 1. The van der Waals surface area contributed by atoms with Crippen LogP contribution in [0, 0.1) is 12.7 Å². The van der Waals surface area contributed by atoms with Gasteiger partial charge in [-0.2, -0.15) is 0 Å². The van der Waals surface area contributed by atoms with Gasteiger partial charge in [0.25, 0.3) is 10.0 Å². The SMILES string of the molecule is Cc1ccc(S(=O)(=O)NC(=NC(C)C)N(c2nc(-c3ccccc3)cc3cc(F)ccc23)C(C)C)cc1. The molecule has 0 radical (unpaired) electrons. The van der Waals surface area contributed by atoms with Crippen LogP contribution in [0.3, 0.4) is 0 Å². The minimum Gasteiger partial charge on any atom is -0.293 e. The van der Waals surface area contributed by atoms with Crippen LogP contribution < -0.4 is 9.62 Å². The van der Waals surface area contributed by atoms with Crippen LogP contribution in [0.5, 0.6) is 0 Å². The summed E-state index contributed by atoms with van der Waals surface area (Å²) >= 11 is 0. The number of pyridine rings is 1. The number of guanidine groups is 1. The molecule has 0 aliphatic rings. The van der Waals surface area contributed by atoms with Crippen molar-refractivity contribution in [1.82, 2.24) is 9.71 Å². The van der Waals surface area contributed by atoms with Crippen LogP contribution in [-0.4, -0.2) is 31.4 Å². The Labute approximate surface area is 217 Å². The van der Waals surface area contributed by atoms with E-state index >= 15 is 0 Å². The molecule has 0 unspecified atom stereocenters. The van der Waals surface area contributed by atoms with Crippen LogP contribution in [0.15, 0.2) is 88.8 Å². The van der Waals surface area contributed by atoms with Crippen LogP contribution in [0.4, 0.5) is 10.2 Å². The number of anilines is 1. The molecule has 1 N–H and O–H groups in total. The Morgan fingerprint density at radius 1 is 0.946 bits per heavy atom. The van der Waals surface area contributed by atoms with Crippen LogP contribution in [0.2, 0.25) is 0 Å². The van der Waals surface area contributed by atoms with E-state index in [1.165, 1.54) is 12.1 Å². The van der Waals surface area contributed by atoms with E-state index in [0.29, 0.717) is 22.3 Å². The number of halogens is 1. The van der Waals surface area contributed by atoms with Gasteiger partial charge in [0.2, 0.25) is 5.96 Å². The highest BCUT2D eigenvalue weighted by Crippen LogP contribution is 2.32. The lowest BCUT2D eigenvalue weighted by Crippen LogP contribution is -2.48. The molecule has 0 aliphatic carbocycles. The third-order valence-electron chi connectivity index (χ3n) is 5.75. The average molecular weight is 519 g/mol. The van der Waals surface area contributed by atoms with Gasteiger partial charge in [-0.25, -0.2) is 27.5 Å². The Balaban J connectivity index is 1.92. The second kappa shape index (κ2) is 10.7. The van der Waals surface area contributed by atoms with Crippen molar-refractivity contribution in [3.63, 3.8) is 0 Å². The van der Waals surface area contributed by atoms with E-state index in [4.69, 9.17) is 4.98 Å². The first-order valence-corrected chi connectivity index (χ1v) is 13.7. The maximum absolute atomic E-state index is 14.3. The van der Waals surface area contributed by atoms with Crippen LogP contribution in [0.1, 0.15) is 33.3 Å². The summed E-state index contributed by atoms with van der Waals surface area (Å²) in [5.41, 5.74) is 2.46. The summed E-state index contributed by atoms with van der Waals surface area (Å²) in [7, 11) is -3.94. The maximum atomic E-state index is 14.3. The lowest BCUT2D eigenvalue weighted by Gasteiger charge is -2.31. The Kier molecular flexibility index (Phi) is 7.59. The Morgan fingerprint density at radius 3 is 2.24 bits per heavy atom. The first-order chi connectivity index (χ1) is 17.5. The number of rotatable bonds is 6. The second-order valence-corrected chi connectivity index (χ2v) is 11.2. The van der Waals surface area contributed by atoms with Gasteiger partial charge >= 0.3 is 0 Å². The summed E-state index contributed by atoms with van der Waals surface area (Å²) in [6.07, 6.45) is 0. The molecule has 0 spiro atoms. The number of fused-ring (bicyclic) bond motifs is 1. The van der Waals surface area contributed by atoms with E-state index in [1.54, 1.807) is 35.2 Å². The molecule has 0 aliphatic heterocycles. The molecule has 0 amide bonds. The van der Waals surface area contributed by atoms with Crippen molar-refractivity contribution < 1.29 is 12.8 Å². The molecule has 4 aromatic rings. The number of aliphatic imine (C=N–C) groups is 1. The largest absolute Gasteiger partial charge is 0.293 e. The summed E-state index contributed by atoms with van der Waals surface area (Å²) in [6, 6.07) is 22.1. The molecule has 1 heterocycles. The highest BCUT2D eigenvalue weighted by molar-refractivity contribution is 7.90. The van der Waals surface area contributed by atoms with Crippen LogP contribution >= 0.6 is 0 Å². The molecule has 8 heteroatoms. The van der Waals surface area contributed by atoms with Crippen molar-refractivity contribution in [3.05, 3.63) is 90.2 Å². The molecule has 1 aromatic heterocycles. The lowest BCUT2D eigenvalue weighted by molar-refractivity contribution is 0.591. The zero-order valence-electron chi connectivity index (χ0n) is 21.6. The first-order valence-electron chi connectivity index (χ1n) is 12.2. The standard InChI is InChI=1S/C29H31FN4O2S/c1-19(2)31-29(33-37(35,36)25-14-11-21(5)12-15-25)34(20(3)4)28-26-16-13-24(30)17-23(26)18-27(32-28)22-9-7-6-8-10-22/h6-20H,1-5H3,(H,31,33). The molecule has 6 nitrogen and oxygen atoms in total. The van der Waals surface area contributed by atoms with Crippen molar-refractivity contribution in [2.75, 3.05) is 4.90 Å². The number of hydrogen-bond donors (Lipinski definition) is 1. The van der Waals surface area contributed by atoms with Gasteiger partial charge in [0.15, 0.2) is 0 Å². The van der Waals surface area contributed by atoms with Crippen molar-refractivity contribution in [2.24, 2.45) is 4.99 Å². The number of aromatic nitrogens is 1. The molecular formula is C29H31FN4O2S. The van der Waals surface area contributed by atoms with E-state index in [9.17, 15) is 12.8 Å². The third kappa shape index (κ3) is 5.97. The van der Waals surface area contributed by atoms with E-state index in [0.717, 1.165) is 11.1 Å². The zero-order valence-corrected chi connectivity index (χ0v) is 22.4. The van der Waals surface area contributed by atoms with Gasteiger partial charge in [-0.3, -0.25) is 4.90 Å². The highest BCUT2D eigenvalue weighted by Gasteiger charge is 2.27. The topological polar surface area (TPSA) is 74.7 Å². The smallest absolute Gasteiger partial charge is 0.264 e. The predicted molar refractivity (Wildman–Crippen MR) is 149 cm³/mol. The molecule has 0 saturated carbocycles. The van der Waals surface area contributed by atoms with E-state index in [1.807, 2.05) is 71.0 Å². The van der Waals surface area contributed by atoms with Crippen LogP contribution in [0.25, 0.3) is 22.0 Å². The molecule has 0 fully saturated rings. The summed E-state index contributed by atoms with van der Waals surface area (Å²) in [6.45, 7) is 9.51. The van der Waals surface area contributed by atoms with Gasteiger partial charge < -0.3 is 0 Å². The summed E-state index contributed by atoms with van der Waals surface area (Å²) in [5.74, 6) is 0.266. The van der Waals surface area contributed by atoms with Gasteiger partial charge in [-0.1, -0.05) is 48.0 Å². The van der Waals surface area contributed by atoms with Crippen LogP contribution in [-0.2, 0) is 10.0 Å². The maximum Gasteiger partial charge on any atom is 0.264 e. The van der Waals surface area contributed by atoms with Gasteiger partial charge in [-0.15, -0.1) is 0 Å². The Hall–Kier alpha value is -3.78. The van der Waals surface area contributed by atoms with Gasteiger partial charge in [0.1, 0.15) is 11.6 Å². The molecule has 3 aromatic carbocycles. The monoisotopic (exact) mass is 518 g/mol. The molecule has 192 valence electrons. The van der Waals surface area contributed by atoms with Gasteiger partial charge in [-0.05, 0) is 76.4 Å². The fraction of sp³-hybridized carbons (Fsp3) is 0.241. The quantitative estimate of drug-likeness (QED) is 0.240. The third-order valence-corrected chi connectivity index (χ3v) is 7.10. The summed E-state index contributed by atoms with van der Waals surface area (Å²) < 4.78 is 43.8. The predicted octanol–water partition coefficient (Wildman–Crippen LogP) is 6.31. The molecule has 0 saturated heterocycles. The fourth-order valence-corrected chi connectivity index (χ4v) is 5.02. The Bertz CT molecular complexity index is 1530. The molecule has 4 rings (SSSR count). The second-order valence-electron chi connectivity index (χ2n) is 9.49. The van der Waals surface area contributed by atoms with E-state index in [-0.39, 0.29) is 28.8 Å². The molecule has 37 heavy (non-hydrogen) atoms. The van der Waals surface area contributed by atoms with Crippen molar-refractivity contribution in [3.8, 4) is 11.3 Å². The number of nitrogens with zero attached hydrogens (tertiary/aromatic N) is 3. The summed E-state index contributed by atoms with van der Waals surface area (Å²) in [4.78, 5) is 11.5. The fourth-order valence-electron chi connectivity index (χ4n) is 4.02. The molecular weight excluding hydrogens is 487 g/mol. The number of benzene rings is 3. The molecule has 0 atom stereocenters. The van der Waals surface area contributed by atoms with Crippen molar-refractivity contribution >= 4 is 32.6 Å². The highest BCUT2D eigenvalue weighted by atomic mass is 32.2. The average Bonchev–Trinajstić information content (AvgIpc) is 2.83. The first kappa shape index (κ1) is 26.3. The van der Waals surface area contributed by atoms with Gasteiger partial charge in [0.05, 0.1) is 10.6 Å². The minimum atomic E-state index is -3.94. The number of hydrogen-bond acceptors (Lipinski definition) is 4. The van der Waals surface area contributed by atoms with E-state index in [2.05, 4.69) is 9.71 Å². The minimum absolute atomic E-state index is 0.135. The number of sulfonamides is 1. The van der Waals surface area contributed by atoms with Gasteiger partial charge in [0, 0.05) is 23.0 Å². The summed E-state index contributed by atoms with van der Waals surface area (Å²) in [5, 5.41) is 1.33. The van der Waals surface area contributed by atoms with E-state index < -0.39 is 10.0 Å². The lowest BCUT2D eigenvalue weighted by atomic mass is 10.1. The van der Waals surface area contributed by atoms with Crippen molar-refractivity contribution in [1.29, 1.82) is 0 Å². The number of aryl methyl sites for hydroxylation is 1.